The Hall–Kier alpha value is -2.82. The van der Waals surface area contributed by atoms with Gasteiger partial charge in [-0.15, -0.1) is 0 Å². The lowest BCUT2D eigenvalue weighted by molar-refractivity contribution is -0.166. The first-order chi connectivity index (χ1) is 12.5. The summed E-state index contributed by atoms with van der Waals surface area (Å²) in [6, 6.07) is 16.6. The zero-order valence-electron chi connectivity index (χ0n) is 15.0. The maximum Gasteiger partial charge on any atom is 0.330 e. The Morgan fingerprint density at radius 1 is 1.08 bits per heavy atom. The molecule has 3 rings (SSSR count). The minimum absolute atomic E-state index is 0.104. The second-order valence-corrected chi connectivity index (χ2v) is 6.77. The molecule has 0 unspecified atom stereocenters. The van der Waals surface area contributed by atoms with Crippen LogP contribution in [0.3, 0.4) is 0 Å². The van der Waals surface area contributed by atoms with E-state index in [9.17, 15) is 9.59 Å². The largest absolute Gasteiger partial charge is 0.497 e. The van der Waals surface area contributed by atoms with Crippen LogP contribution in [-0.4, -0.2) is 25.0 Å². The fourth-order valence-electron chi connectivity index (χ4n) is 3.09. The number of carbonyl (C=O) groups is 2. The molecule has 0 aliphatic carbocycles. The molecule has 1 aliphatic heterocycles. The molecule has 2 aromatic carbocycles. The third-order valence-electron chi connectivity index (χ3n) is 4.98. The predicted molar refractivity (Wildman–Crippen MR) is 97.6 cm³/mol. The van der Waals surface area contributed by atoms with E-state index >= 15 is 0 Å². The number of β-lactam (4-membered cyclic amide) rings is 1. The van der Waals surface area contributed by atoms with Gasteiger partial charge in [-0.2, -0.15) is 0 Å². The van der Waals surface area contributed by atoms with E-state index in [-0.39, 0.29) is 18.5 Å². The van der Waals surface area contributed by atoms with Crippen LogP contribution in [0.15, 0.2) is 54.6 Å². The molecule has 0 bridgehead atoms. The van der Waals surface area contributed by atoms with Gasteiger partial charge in [0.25, 0.3) is 0 Å². The van der Waals surface area contributed by atoms with Crippen molar-refractivity contribution in [3.05, 3.63) is 65.7 Å². The Kier molecular flexibility index (Phi) is 5.26. The summed E-state index contributed by atoms with van der Waals surface area (Å²) in [5, 5.41) is 2.69. The highest BCUT2D eigenvalue weighted by atomic mass is 16.5. The standard InChI is InChI=1S/C21H23NO4/c1-21(13-12-15-8-10-17(25-2)11-9-15)18(22-20(21)24)19(23)26-14-16-6-4-3-5-7-16/h3-11,18H,12-14H2,1-2H3,(H,22,24)/t18-,21-/m1/s1. The molecule has 1 N–H and O–H groups in total. The smallest absolute Gasteiger partial charge is 0.330 e. The normalized spacial score (nSPS) is 21.5. The summed E-state index contributed by atoms with van der Waals surface area (Å²) >= 11 is 0. The van der Waals surface area contributed by atoms with Crippen LogP contribution in [0.1, 0.15) is 24.5 Å². The number of rotatable bonds is 7. The average molecular weight is 353 g/mol. The molecule has 2 atom stereocenters. The third-order valence-corrected chi connectivity index (χ3v) is 4.98. The Bertz CT molecular complexity index is 772. The van der Waals surface area contributed by atoms with Crippen molar-refractivity contribution in [1.82, 2.24) is 5.32 Å². The maximum atomic E-state index is 12.4. The SMILES string of the molecule is COc1ccc(CC[C@@]2(C)C(=O)N[C@@H]2C(=O)OCc2ccccc2)cc1. The monoisotopic (exact) mass is 353 g/mol. The molecule has 1 saturated heterocycles. The fourth-order valence-corrected chi connectivity index (χ4v) is 3.09. The van der Waals surface area contributed by atoms with Crippen LogP contribution < -0.4 is 10.1 Å². The van der Waals surface area contributed by atoms with Gasteiger partial charge < -0.3 is 14.8 Å². The maximum absolute atomic E-state index is 12.4. The van der Waals surface area contributed by atoms with Gasteiger partial charge in [0.2, 0.25) is 5.91 Å². The first kappa shape index (κ1) is 18.0. The van der Waals surface area contributed by atoms with Gasteiger partial charge in [-0.3, -0.25) is 4.79 Å². The van der Waals surface area contributed by atoms with Gasteiger partial charge in [-0.05, 0) is 43.0 Å². The molecule has 0 radical (unpaired) electrons. The predicted octanol–water partition coefficient (Wildman–Crippen LogP) is 2.88. The van der Waals surface area contributed by atoms with E-state index in [0.29, 0.717) is 12.8 Å². The molecule has 1 aliphatic rings. The van der Waals surface area contributed by atoms with E-state index in [4.69, 9.17) is 9.47 Å². The van der Waals surface area contributed by atoms with E-state index in [0.717, 1.165) is 16.9 Å². The van der Waals surface area contributed by atoms with Crippen molar-refractivity contribution in [2.75, 3.05) is 7.11 Å². The van der Waals surface area contributed by atoms with Gasteiger partial charge in [-0.1, -0.05) is 42.5 Å². The van der Waals surface area contributed by atoms with Crippen LogP contribution in [0.25, 0.3) is 0 Å². The first-order valence-electron chi connectivity index (χ1n) is 8.67. The van der Waals surface area contributed by atoms with Crippen molar-refractivity contribution in [3.8, 4) is 5.75 Å². The number of ether oxygens (including phenoxy) is 2. The molecule has 0 spiro atoms. The van der Waals surface area contributed by atoms with Gasteiger partial charge in [0.1, 0.15) is 18.4 Å². The fraction of sp³-hybridized carbons (Fsp3) is 0.333. The highest BCUT2D eigenvalue weighted by Gasteiger charge is 2.55. The molecule has 1 fully saturated rings. The topological polar surface area (TPSA) is 64.6 Å². The number of aryl methyl sites for hydroxylation is 1. The van der Waals surface area contributed by atoms with Gasteiger partial charge in [0, 0.05) is 0 Å². The molecule has 26 heavy (non-hydrogen) atoms. The van der Waals surface area contributed by atoms with Crippen LogP contribution in [0.5, 0.6) is 5.75 Å². The lowest BCUT2D eigenvalue weighted by Gasteiger charge is -2.44. The van der Waals surface area contributed by atoms with Crippen LogP contribution in [0.4, 0.5) is 0 Å². The summed E-state index contributed by atoms with van der Waals surface area (Å²) in [7, 11) is 1.63. The van der Waals surface area contributed by atoms with Gasteiger partial charge in [0.15, 0.2) is 0 Å². The second-order valence-electron chi connectivity index (χ2n) is 6.77. The Morgan fingerprint density at radius 2 is 1.77 bits per heavy atom. The van der Waals surface area contributed by atoms with Crippen molar-refractivity contribution in [2.24, 2.45) is 5.41 Å². The lowest BCUT2D eigenvalue weighted by atomic mass is 9.70. The van der Waals surface area contributed by atoms with E-state index in [2.05, 4.69) is 5.32 Å². The van der Waals surface area contributed by atoms with Crippen molar-refractivity contribution in [2.45, 2.75) is 32.4 Å². The molecule has 2 aromatic rings. The number of esters is 1. The zero-order chi connectivity index (χ0) is 18.6. The van der Waals surface area contributed by atoms with Gasteiger partial charge in [-0.25, -0.2) is 4.79 Å². The van der Waals surface area contributed by atoms with Crippen molar-refractivity contribution in [1.29, 1.82) is 0 Å². The van der Waals surface area contributed by atoms with Crippen LogP contribution in [0, 0.1) is 5.41 Å². The summed E-state index contributed by atoms with van der Waals surface area (Å²) in [4.78, 5) is 24.5. The Labute approximate surface area is 153 Å². The molecule has 5 nitrogen and oxygen atoms in total. The van der Waals surface area contributed by atoms with Crippen LogP contribution >= 0.6 is 0 Å². The molecular formula is C21H23NO4. The van der Waals surface area contributed by atoms with Crippen molar-refractivity contribution >= 4 is 11.9 Å². The summed E-state index contributed by atoms with van der Waals surface area (Å²) < 4.78 is 10.5. The highest BCUT2D eigenvalue weighted by Crippen LogP contribution is 2.36. The van der Waals surface area contributed by atoms with Crippen LogP contribution in [-0.2, 0) is 27.4 Å². The number of hydrogen-bond donors (Lipinski definition) is 1. The number of amides is 1. The summed E-state index contributed by atoms with van der Waals surface area (Å²) in [6.07, 6.45) is 1.28. The number of methoxy groups -OCH3 is 1. The number of benzene rings is 2. The first-order valence-corrected chi connectivity index (χ1v) is 8.67. The molecule has 0 aromatic heterocycles. The van der Waals surface area contributed by atoms with Crippen molar-refractivity contribution < 1.29 is 19.1 Å². The number of carbonyl (C=O) groups excluding carboxylic acids is 2. The van der Waals surface area contributed by atoms with E-state index in [1.165, 1.54) is 0 Å². The van der Waals surface area contributed by atoms with Crippen molar-refractivity contribution in [3.63, 3.8) is 0 Å². The van der Waals surface area contributed by atoms with Gasteiger partial charge in [0.05, 0.1) is 12.5 Å². The number of hydrogen-bond acceptors (Lipinski definition) is 4. The molecular weight excluding hydrogens is 330 g/mol. The minimum atomic E-state index is -0.742. The molecule has 1 heterocycles. The summed E-state index contributed by atoms with van der Waals surface area (Å²) in [6.45, 7) is 2.03. The number of nitrogens with one attached hydrogen (secondary N) is 1. The summed E-state index contributed by atoms with van der Waals surface area (Å²) in [5.74, 6) is 0.307. The molecule has 0 saturated carbocycles. The Morgan fingerprint density at radius 3 is 2.38 bits per heavy atom. The average Bonchev–Trinajstić information content (AvgIpc) is 2.69. The quantitative estimate of drug-likeness (QED) is 0.614. The lowest BCUT2D eigenvalue weighted by Crippen LogP contribution is -2.69. The molecule has 5 heteroatoms. The summed E-state index contributed by atoms with van der Waals surface area (Å²) in [5.41, 5.74) is 1.28. The van der Waals surface area contributed by atoms with Crippen LogP contribution in [0.2, 0.25) is 0 Å². The minimum Gasteiger partial charge on any atom is -0.497 e. The van der Waals surface area contributed by atoms with E-state index in [1.807, 2.05) is 61.5 Å². The molecule has 136 valence electrons. The van der Waals surface area contributed by atoms with Gasteiger partial charge >= 0.3 is 5.97 Å². The van der Waals surface area contributed by atoms with E-state index < -0.39 is 11.5 Å². The highest BCUT2D eigenvalue weighted by molar-refractivity contribution is 6.00. The third kappa shape index (κ3) is 3.72. The zero-order valence-corrected chi connectivity index (χ0v) is 15.0. The van der Waals surface area contributed by atoms with E-state index in [1.54, 1.807) is 7.11 Å². The molecule has 1 amide bonds. The second kappa shape index (κ2) is 7.60. The Balaban J connectivity index is 1.57.